The molecule has 2 heterocycles. The zero-order valence-corrected chi connectivity index (χ0v) is 18.8. The number of aryl methyl sites for hydroxylation is 1. The lowest BCUT2D eigenvalue weighted by Crippen LogP contribution is -2.18. The minimum atomic E-state index is -0.419. The zero-order chi connectivity index (χ0) is 23.4. The average Bonchev–Trinajstić information content (AvgIpc) is 3.45. The Hall–Kier alpha value is -4.40. The van der Waals surface area contributed by atoms with Crippen LogP contribution in [0.15, 0.2) is 59.7 Å². The molecule has 2 N–H and O–H groups in total. The minimum absolute atomic E-state index is 0.264. The Morgan fingerprint density at radius 1 is 1.09 bits per heavy atom. The Morgan fingerprint density at radius 2 is 1.88 bits per heavy atom. The van der Waals surface area contributed by atoms with E-state index in [1.807, 2.05) is 48.9 Å². The van der Waals surface area contributed by atoms with Crippen molar-refractivity contribution in [3.05, 3.63) is 77.2 Å². The van der Waals surface area contributed by atoms with Crippen molar-refractivity contribution in [2.45, 2.75) is 13.8 Å². The molecule has 0 radical (unpaired) electrons. The summed E-state index contributed by atoms with van der Waals surface area (Å²) in [5.74, 6) is 0.859. The van der Waals surface area contributed by atoms with E-state index in [0.717, 1.165) is 22.6 Å². The van der Waals surface area contributed by atoms with Crippen molar-refractivity contribution in [1.82, 2.24) is 25.4 Å². The van der Waals surface area contributed by atoms with Crippen LogP contribution in [0.4, 0.5) is 0 Å². The molecule has 1 amide bonds. The normalized spacial score (nSPS) is 11.0. The summed E-state index contributed by atoms with van der Waals surface area (Å²) in [6, 6.07) is 16.8. The lowest BCUT2D eigenvalue weighted by Gasteiger charge is -2.08. The van der Waals surface area contributed by atoms with Crippen molar-refractivity contribution in [2.75, 3.05) is 14.2 Å². The number of carbonyl (C=O) groups is 1. The van der Waals surface area contributed by atoms with E-state index < -0.39 is 5.91 Å². The van der Waals surface area contributed by atoms with Gasteiger partial charge in [0.1, 0.15) is 17.2 Å². The monoisotopic (exact) mass is 444 g/mol. The predicted octanol–water partition coefficient (Wildman–Crippen LogP) is 3.66. The third-order valence-corrected chi connectivity index (χ3v) is 5.21. The van der Waals surface area contributed by atoms with Crippen molar-refractivity contribution in [2.24, 2.45) is 5.10 Å². The third kappa shape index (κ3) is 4.47. The number of benzene rings is 2. The van der Waals surface area contributed by atoms with E-state index >= 15 is 0 Å². The van der Waals surface area contributed by atoms with Gasteiger partial charge in [0.15, 0.2) is 0 Å². The number of amides is 1. The van der Waals surface area contributed by atoms with E-state index in [4.69, 9.17) is 9.47 Å². The van der Waals surface area contributed by atoms with Crippen molar-refractivity contribution in [3.8, 4) is 28.4 Å². The molecule has 0 saturated heterocycles. The van der Waals surface area contributed by atoms with Gasteiger partial charge >= 0.3 is 0 Å². The Morgan fingerprint density at radius 3 is 2.61 bits per heavy atom. The molecule has 0 spiro atoms. The van der Waals surface area contributed by atoms with Crippen LogP contribution in [0.1, 0.15) is 27.4 Å². The van der Waals surface area contributed by atoms with E-state index in [0.29, 0.717) is 22.8 Å². The van der Waals surface area contributed by atoms with Gasteiger partial charge in [0.2, 0.25) is 0 Å². The Balaban J connectivity index is 1.50. The van der Waals surface area contributed by atoms with Gasteiger partial charge in [-0.3, -0.25) is 9.89 Å². The fourth-order valence-corrected chi connectivity index (χ4v) is 3.47. The topological polar surface area (TPSA) is 106 Å². The highest BCUT2D eigenvalue weighted by molar-refractivity contribution is 5.94. The molecule has 0 aliphatic carbocycles. The number of aromatic amines is 1. The molecule has 0 aliphatic rings. The van der Waals surface area contributed by atoms with E-state index in [-0.39, 0.29) is 5.69 Å². The van der Waals surface area contributed by atoms with Gasteiger partial charge < -0.3 is 9.47 Å². The second-order valence-corrected chi connectivity index (χ2v) is 7.26. The van der Waals surface area contributed by atoms with E-state index in [2.05, 4.69) is 25.8 Å². The number of aromatic nitrogens is 4. The summed E-state index contributed by atoms with van der Waals surface area (Å²) in [7, 11) is 3.16. The highest BCUT2D eigenvalue weighted by Gasteiger charge is 2.15. The quantitative estimate of drug-likeness (QED) is 0.334. The lowest BCUT2D eigenvalue weighted by atomic mass is 10.1. The molecule has 0 bridgehead atoms. The SMILES string of the molecule is COc1ccc(OC)c(-c2cc(C(=O)NN=Cc3c(C)nn(-c4ccccc4)c3C)[nH]n2)c1. The number of H-pyrrole nitrogens is 1. The fraction of sp³-hybridized carbons (Fsp3) is 0.167. The molecular formula is C24H24N6O3. The van der Waals surface area contributed by atoms with Crippen LogP contribution in [-0.4, -0.2) is 46.3 Å². The molecule has 33 heavy (non-hydrogen) atoms. The Labute approximate surface area is 191 Å². The number of ether oxygens (including phenoxy) is 2. The number of nitrogens with one attached hydrogen (secondary N) is 2. The van der Waals surface area contributed by atoms with Gasteiger partial charge in [-0.1, -0.05) is 18.2 Å². The highest BCUT2D eigenvalue weighted by Crippen LogP contribution is 2.32. The number of methoxy groups -OCH3 is 2. The molecule has 0 aliphatic heterocycles. The van der Waals surface area contributed by atoms with E-state index in [1.165, 1.54) is 0 Å². The van der Waals surface area contributed by atoms with Crippen LogP contribution < -0.4 is 14.9 Å². The molecular weight excluding hydrogens is 420 g/mol. The third-order valence-electron chi connectivity index (χ3n) is 5.21. The van der Waals surface area contributed by atoms with Crippen LogP contribution in [0.2, 0.25) is 0 Å². The fourth-order valence-electron chi connectivity index (χ4n) is 3.47. The smallest absolute Gasteiger partial charge is 0.289 e. The van der Waals surface area contributed by atoms with Crippen LogP contribution in [-0.2, 0) is 0 Å². The maximum atomic E-state index is 12.6. The standard InChI is InChI=1S/C24H24N6O3/c1-15-20(16(2)30(29-15)17-8-6-5-7-9-17)14-25-28-24(31)22-13-21(26-27-22)19-12-18(32-3)10-11-23(19)33-4/h5-14H,1-4H3,(H,26,27)(H,28,31). The molecule has 168 valence electrons. The van der Waals surface area contributed by atoms with Crippen molar-refractivity contribution >= 4 is 12.1 Å². The number of hydrazone groups is 1. The second kappa shape index (κ2) is 9.39. The first kappa shape index (κ1) is 21.8. The molecule has 0 atom stereocenters. The summed E-state index contributed by atoms with van der Waals surface area (Å²) >= 11 is 0. The molecule has 2 aromatic heterocycles. The largest absolute Gasteiger partial charge is 0.497 e. The number of hydrogen-bond acceptors (Lipinski definition) is 6. The molecule has 2 aromatic carbocycles. The van der Waals surface area contributed by atoms with E-state index in [1.54, 1.807) is 44.7 Å². The first-order valence-corrected chi connectivity index (χ1v) is 10.2. The van der Waals surface area contributed by atoms with Gasteiger partial charge in [-0.15, -0.1) is 0 Å². The maximum absolute atomic E-state index is 12.6. The first-order chi connectivity index (χ1) is 16.0. The van der Waals surface area contributed by atoms with Crippen LogP contribution in [0.3, 0.4) is 0 Å². The maximum Gasteiger partial charge on any atom is 0.289 e. The first-order valence-electron chi connectivity index (χ1n) is 10.2. The summed E-state index contributed by atoms with van der Waals surface area (Å²) < 4.78 is 12.5. The van der Waals surface area contributed by atoms with Gasteiger partial charge in [0.25, 0.3) is 5.91 Å². The number of hydrogen-bond donors (Lipinski definition) is 2. The van der Waals surface area contributed by atoms with Crippen LogP contribution in [0, 0.1) is 13.8 Å². The van der Waals surface area contributed by atoms with Gasteiger partial charge in [0, 0.05) is 11.1 Å². The summed E-state index contributed by atoms with van der Waals surface area (Å²) in [6.45, 7) is 3.86. The van der Waals surface area contributed by atoms with Crippen LogP contribution in [0.25, 0.3) is 16.9 Å². The van der Waals surface area contributed by atoms with Gasteiger partial charge in [-0.05, 0) is 50.2 Å². The number of rotatable bonds is 7. The number of para-hydroxylation sites is 1. The summed E-state index contributed by atoms with van der Waals surface area (Å²) in [5, 5.41) is 15.7. The van der Waals surface area contributed by atoms with Crippen molar-refractivity contribution in [3.63, 3.8) is 0 Å². The zero-order valence-electron chi connectivity index (χ0n) is 18.8. The summed E-state index contributed by atoms with van der Waals surface area (Å²) in [5.41, 5.74) is 7.58. The highest BCUT2D eigenvalue weighted by atomic mass is 16.5. The predicted molar refractivity (Wildman–Crippen MR) is 125 cm³/mol. The lowest BCUT2D eigenvalue weighted by molar-refractivity contribution is 0.0950. The Bertz CT molecular complexity index is 1310. The van der Waals surface area contributed by atoms with Crippen molar-refractivity contribution < 1.29 is 14.3 Å². The molecule has 4 rings (SSSR count). The molecule has 9 heteroatoms. The van der Waals surface area contributed by atoms with E-state index in [9.17, 15) is 4.79 Å². The molecule has 0 fully saturated rings. The molecule has 0 saturated carbocycles. The number of carbonyl (C=O) groups excluding carboxylic acids is 1. The van der Waals surface area contributed by atoms with Crippen LogP contribution >= 0.6 is 0 Å². The molecule has 0 unspecified atom stereocenters. The van der Waals surface area contributed by atoms with Gasteiger partial charge in [-0.2, -0.15) is 15.3 Å². The van der Waals surface area contributed by atoms with Gasteiger partial charge in [0.05, 0.1) is 43.2 Å². The summed E-state index contributed by atoms with van der Waals surface area (Å²) in [6.07, 6.45) is 1.59. The minimum Gasteiger partial charge on any atom is -0.497 e. The second-order valence-electron chi connectivity index (χ2n) is 7.26. The van der Waals surface area contributed by atoms with Gasteiger partial charge in [-0.25, -0.2) is 10.1 Å². The number of nitrogens with zero attached hydrogens (tertiary/aromatic N) is 4. The molecule has 4 aromatic rings. The average molecular weight is 444 g/mol. The summed E-state index contributed by atoms with van der Waals surface area (Å²) in [4.78, 5) is 12.6. The Kier molecular flexibility index (Phi) is 6.21. The molecule has 9 nitrogen and oxygen atoms in total. The van der Waals surface area contributed by atoms with Crippen molar-refractivity contribution in [1.29, 1.82) is 0 Å². The van der Waals surface area contributed by atoms with Crippen LogP contribution in [0.5, 0.6) is 11.5 Å².